The lowest BCUT2D eigenvalue weighted by Gasteiger charge is -2.41. The van der Waals surface area contributed by atoms with E-state index in [1.54, 1.807) is 18.2 Å². The first kappa shape index (κ1) is 15.3. The lowest BCUT2D eigenvalue weighted by Crippen LogP contribution is -2.43. The van der Waals surface area contributed by atoms with Gasteiger partial charge in [0.2, 0.25) is 0 Å². The van der Waals surface area contributed by atoms with Crippen LogP contribution in [0.3, 0.4) is 0 Å². The molecule has 4 heteroatoms. The fourth-order valence-corrected chi connectivity index (χ4v) is 4.21. The molecule has 114 valence electrons. The number of piperidine rings is 1. The van der Waals surface area contributed by atoms with Crippen molar-refractivity contribution >= 4 is 29.0 Å². The van der Waals surface area contributed by atoms with E-state index in [9.17, 15) is 4.79 Å². The van der Waals surface area contributed by atoms with Gasteiger partial charge in [-0.2, -0.15) is 0 Å². The van der Waals surface area contributed by atoms with Crippen LogP contribution in [0.4, 0.5) is 0 Å². The molecule has 21 heavy (non-hydrogen) atoms. The summed E-state index contributed by atoms with van der Waals surface area (Å²) >= 11 is 12.1. The van der Waals surface area contributed by atoms with Gasteiger partial charge in [-0.05, 0) is 49.4 Å². The largest absolute Gasteiger partial charge is 0.296 e. The molecular weight excluding hydrogens is 305 g/mol. The molecule has 1 aromatic rings. The predicted molar refractivity (Wildman–Crippen MR) is 87.3 cm³/mol. The van der Waals surface area contributed by atoms with E-state index in [0.29, 0.717) is 22.2 Å². The van der Waals surface area contributed by atoms with Crippen molar-refractivity contribution in [3.63, 3.8) is 0 Å². The van der Waals surface area contributed by atoms with Crippen LogP contribution in [0.15, 0.2) is 18.2 Å². The van der Waals surface area contributed by atoms with Crippen molar-refractivity contribution in [1.82, 2.24) is 4.90 Å². The third-order valence-electron chi connectivity index (χ3n) is 4.97. The predicted octanol–water partition coefficient (Wildman–Crippen LogP) is 4.69. The molecule has 2 aliphatic rings. The Morgan fingerprint density at radius 1 is 1.14 bits per heavy atom. The summed E-state index contributed by atoms with van der Waals surface area (Å²) in [6.07, 6.45) is 6.68. The van der Waals surface area contributed by atoms with E-state index in [1.165, 1.54) is 32.1 Å². The molecule has 3 rings (SSSR count). The van der Waals surface area contributed by atoms with Gasteiger partial charge in [0, 0.05) is 17.1 Å². The van der Waals surface area contributed by atoms with Crippen molar-refractivity contribution in [3.05, 3.63) is 33.8 Å². The number of carbonyl (C=O) groups excluding carboxylic acids is 1. The number of ketones is 1. The molecule has 2 atom stereocenters. The van der Waals surface area contributed by atoms with Crippen LogP contribution in [0.1, 0.15) is 42.5 Å². The summed E-state index contributed by atoms with van der Waals surface area (Å²) in [5.41, 5.74) is 0.551. The molecule has 0 radical (unpaired) electrons. The van der Waals surface area contributed by atoms with E-state index in [4.69, 9.17) is 23.2 Å². The fourth-order valence-electron chi connectivity index (χ4n) is 3.82. The summed E-state index contributed by atoms with van der Waals surface area (Å²) in [5.74, 6) is 1.76. The summed E-state index contributed by atoms with van der Waals surface area (Å²) in [5, 5.41) is 1.06. The Labute approximate surface area is 136 Å². The quantitative estimate of drug-likeness (QED) is 0.751. The lowest BCUT2D eigenvalue weighted by atomic mass is 9.75. The van der Waals surface area contributed by atoms with Crippen LogP contribution in [0.5, 0.6) is 0 Å². The van der Waals surface area contributed by atoms with E-state index in [0.717, 1.165) is 24.9 Å². The number of carbonyl (C=O) groups is 1. The zero-order valence-corrected chi connectivity index (χ0v) is 13.7. The highest BCUT2D eigenvalue weighted by atomic mass is 35.5. The summed E-state index contributed by atoms with van der Waals surface area (Å²) in [6, 6.07) is 5.10. The van der Waals surface area contributed by atoms with Gasteiger partial charge < -0.3 is 0 Å². The van der Waals surface area contributed by atoms with Crippen molar-refractivity contribution in [2.45, 2.75) is 32.1 Å². The molecule has 1 aromatic carbocycles. The lowest BCUT2D eigenvalue weighted by molar-refractivity contribution is 0.0713. The molecule has 1 saturated carbocycles. The zero-order valence-electron chi connectivity index (χ0n) is 12.2. The Morgan fingerprint density at radius 2 is 1.90 bits per heavy atom. The molecule has 2 unspecified atom stereocenters. The molecule has 2 nitrogen and oxygen atoms in total. The van der Waals surface area contributed by atoms with Crippen LogP contribution < -0.4 is 0 Å². The number of hydrogen-bond donors (Lipinski definition) is 0. The third kappa shape index (κ3) is 3.61. The number of Topliss-reactive ketones (excluding diaryl/α,β-unsaturated/α-hetero) is 1. The van der Waals surface area contributed by atoms with E-state index in [1.807, 2.05) is 0 Å². The maximum atomic E-state index is 12.5. The van der Waals surface area contributed by atoms with E-state index in [2.05, 4.69) is 4.90 Å². The minimum atomic E-state index is 0.0803. The second-order valence-corrected chi connectivity index (χ2v) is 7.22. The van der Waals surface area contributed by atoms with Gasteiger partial charge >= 0.3 is 0 Å². The van der Waals surface area contributed by atoms with E-state index < -0.39 is 0 Å². The first-order chi connectivity index (χ1) is 10.1. The van der Waals surface area contributed by atoms with Gasteiger partial charge in [-0.1, -0.05) is 42.5 Å². The van der Waals surface area contributed by atoms with Crippen molar-refractivity contribution in [3.8, 4) is 0 Å². The molecule has 1 saturated heterocycles. The Balaban J connectivity index is 1.63. The number of nitrogens with zero attached hydrogens (tertiary/aromatic N) is 1. The average Bonchev–Trinajstić information content (AvgIpc) is 2.49. The maximum Gasteiger partial charge on any atom is 0.178 e. The zero-order chi connectivity index (χ0) is 14.8. The number of hydrogen-bond acceptors (Lipinski definition) is 2. The van der Waals surface area contributed by atoms with Gasteiger partial charge in [0.1, 0.15) is 0 Å². The minimum Gasteiger partial charge on any atom is -0.296 e. The molecule has 1 aliphatic carbocycles. The third-order valence-corrected chi connectivity index (χ3v) is 5.54. The molecule has 0 N–H and O–H groups in total. The molecule has 0 bridgehead atoms. The molecule has 0 spiro atoms. The number of likely N-dealkylation sites (tertiary alicyclic amines) is 1. The van der Waals surface area contributed by atoms with Gasteiger partial charge in [0.15, 0.2) is 5.78 Å². The van der Waals surface area contributed by atoms with Crippen LogP contribution in [0.2, 0.25) is 10.0 Å². The Hall–Kier alpha value is -0.570. The van der Waals surface area contributed by atoms with Gasteiger partial charge in [0.05, 0.1) is 11.6 Å². The van der Waals surface area contributed by atoms with E-state index in [-0.39, 0.29) is 5.78 Å². The first-order valence-electron chi connectivity index (χ1n) is 7.84. The SMILES string of the molecule is O=C(CN1CCC2CCCCC2C1)c1cc(Cl)ccc1Cl. The number of benzene rings is 1. The molecule has 2 fully saturated rings. The molecule has 1 aliphatic heterocycles. The summed E-state index contributed by atoms with van der Waals surface area (Å²) in [7, 11) is 0. The first-order valence-corrected chi connectivity index (χ1v) is 8.59. The van der Waals surface area contributed by atoms with Gasteiger partial charge in [-0.15, -0.1) is 0 Å². The van der Waals surface area contributed by atoms with Crippen LogP contribution in [0.25, 0.3) is 0 Å². The van der Waals surface area contributed by atoms with Crippen molar-refractivity contribution in [2.24, 2.45) is 11.8 Å². The second kappa shape index (κ2) is 6.68. The molecular formula is C17H21Cl2NO. The number of halogens is 2. The second-order valence-electron chi connectivity index (χ2n) is 6.38. The van der Waals surface area contributed by atoms with Gasteiger partial charge in [0.25, 0.3) is 0 Å². The summed E-state index contributed by atoms with van der Waals surface area (Å²) < 4.78 is 0. The van der Waals surface area contributed by atoms with Gasteiger partial charge in [-0.3, -0.25) is 9.69 Å². The Kier molecular flexibility index (Phi) is 4.88. The maximum absolute atomic E-state index is 12.5. The molecule has 1 heterocycles. The van der Waals surface area contributed by atoms with Crippen LogP contribution in [0, 0.1) is 11.8 Å². The van der Waals surface area contributed by atoms with Crippen LogP contribution >= 0.6 is 23.2 Å². The molecule has 0 amide bonds. The minimum absolute atomic E-state index is 0.0803. The standard InChI is InChI=1S/C17H21Cl2NO/c18-14-5-6-16(19)15(9-14)17(21)11-20-8-7-12-3-1-2-4-13(12)10-20/h5-6,9,12-13H,1-4,7-8,10-11H2. The highest BCUT2D eigenvalue weighted by Crippen LogP contribution is 2.36. The number of rotatable bonds is 3. The van der Waals surface area contributed by atoms with Crippen LogP contribution in [-0.4, -0.2) is 30.3 Å². The summed E-state index contributed by atoms with van der Waals surface area (Å²) in [6.45, 7) is 2.56. The van der Waals surface area contributed by atoms with Crippen molar-refractivity contribution in [1.29, 1.82) is 0 Å². The average molecular weight is 326 g/mol. The topological polar surface area (TPSA) is 20.3 Å². The van der Waals surface area contributed by atoms with Crippen molar-refractivity contribution in [2.75, 3.05) is 19.6 Å². The van der Waals surface area contributed by atoms with Crippen LogP contribution in [-0.2, 0) is 0 Å². The molecule has 0 aromatic heterocycles. The Bertz CT molecular complexity index is 532. The normalized spacial score (nSPS) is 26.4. The van der Waals surface area contributed by atoms with E-state index >= 15 is 0 Å². The van der Waals surface area contributed by atoms with Crippen molar-refractivity contribution < 1.29 is 4.79 Å². The Morgan fingerprint density at radius 3 is 2.71 bits per heavy atom. The fraction of sp³-hybridized carbons (Fsp3) is 0.588. The highest BCUT2D eigenvalue weighted by Gasteiger charge is 2.31. The monoisotopic (exact) mass is 325 g/mol. The van der Waals surface area contributed by atoms with Gasteiger partial charge in [-0.25, -0.2) is 0 Å². The highest BCUT2D eigenvalue weighted by molar-refractivity contribution is 6.36. The number of fused-ring (bicyclic) bond motifs is 1. The summed E-state index contributed by atoms with van der Waals surface area (Å²) in [4.78, 5) is 14.8. The smallest absolute Gasteiger partial charge is 0.178 e.